The minimum atomic E-state index is -3.52. The Morgan fingerprint density at radius 3 is 2.39 bits per heavy atom. The molecule has 11 nitrogen and oxygen atoms in total. The van der Waals surface area contributed by atoms with Gasteiger partial charge in [0.2, 0.25) is 0 Å². The molecule has 0 radical (unpaired) electrons. The molecule has 3 fully saturated rings. The molecular formula is C40H73N4O7PS2. The van der Waals surface area contributed by atoms with Crippen LogP contribution in [0.1, 0.15) is 126 Å². The van der Waals surface area contributed by atoms with E-state index in [1.165, 1.54) is 78.5 Å². The van der Waals surface area contributed by atoms with Crippen molar-refractivity contribution in [2.45, 2.75) is 143 Å². The molecule has 3 saturated carbocycles. The van der Waals surface area contributed by atoms with Gasteiger partial charge in [-0.3, -0.25) is 9.05 Å². The predicted molar refractivity (Wildman–Crippen MR) is 222 cm³/mol. The molecule has 4 aliphatic rings. The van der Waals surface area contributed by atoms with Crippen molar-refractivity contribution < 1.29 is 32.7 Å². The number of hydrogen-bond acceptors (Lipinski definition) is 11. The second-order valence-corrected chi connectivity index (χ2v) is 22.5. The number of nitrogens with one attached hydrogen (secondary N) is 2. The lowest BCUT2D eigenvalue weighted by Gasteiger charge is -2.58. The van der Waals surface area contributed by atoms with Crippen LogP contribution >= 0.6 is 29.3 Å². The molecule has 1 amide bonds. The number of carbonyl (C=O) groups excluding carboxylic acids is 2. The fourth-order valence-electron chi connectivity index (χ4n) is 9.99. The van der Waals surface area contributed by atoms with Gasteiger partial charge in [0, 0.05) is 37.6 Å². The summed E-state index contributed by atoms with van der Waals surface area (Å²) in [6.07, 6.45) is 16.4. The summed E-state index contributed by atoms with van der Waals surface area (Å²) < 4.78 is 35.2. The van der Waals surface area contributed by atoms with Gasteiger partial charge in [0.1, 0.15) is 17.7 Å². The van der Waals surface area contributed by atoms with E-state index in [0.717, 1.165) is 49.4 Å². The van der Waals surface area contributed by atoms with E-state index in [4.69, 9.17) is 30.0 Å². The van der Waals surface area contributed by atoms with Crippen molar-refractivity contribution in [2.75, 3.05) is 44.4 Å². The largest absolute Gasteiger partial charge is 0.460 e. The smallest absolute Gasteiger partial charge is 0.408 e. The standard InChI is InChI=1S/C40H73N4O7PS2/c1-28(2)10-8-9-11-29-13-15-33-32-14-12-30-26-31(16-18-40(30,7)34(32)17-19-39(29,33)6)50-36(45)35(44-37(46)51-38(3,4)5)27-54-53-25-22-43-52(47,48-23-20-41)49-24-21-42/h12,28-29,31-35H,8-11,13-27,41-42H2,1-7H3,(H,43,47)(H,44,46). The Kier molecular flexibility index (Phi) is 17.6. The van der Waals surface area contributed by atoms with Gasteiger partial charge in [0.05, 0.1) is 13.2 Å². The highest BCUT2D eigenvalue weighted by atomic mass is 33.1. The second-order valence-electron chi connectivity index (χ2n) is 18.0. The van der Waals surface area contributed by atoms with E-state index in [2.05, 4.69) is 44.2 Å². The van der Waals surface area contributed by atoms with Gasteiger partial charge >= 0.3 is 19.8 Å². The number of esters is 1. The molecule has 4 aliphatic carbocycles. The lowest BCUT2D eigenvalue weighted by Crippen LogP contribution is -2.51. The third kappa shape index (κ3) is 12.6. The number of hydrogen-bond donors (Lipinski definition) is 4. The third-order valence-corrected chi connectivity index (χ3v) is 16.7. The van der Waals surface area contributed by atoms with Crippen LogP contribution in [0, 0.1) is 40.4 Å². The number of alkyl carbamates (subject to hydrolysis) is 1. The molecule has 312 valence electrons. The van der Waals surface area contributed by atoms with Crippen LogP contribution in [0.15, 0.2) is 11.6 Å². The van der Waals surface area contributed by atoms with Gasteiger partial charge in [-0.15, -0.1) is 0 Å². The van der Waals surface area contributed by atoms with E-state index in [-0.39, 0.29) is 43.6 Å². The summed E-state index contributed by atoms with van der Waals surface area (Å²) in [7, 11) is -0.624. The molecule has 0 aromatic rings. The quantitative estimate of drug-likeness (QED) is 0.0287. The molecule has 0 bridgehead atoms. The van der Waals surface area contributed by atoms with Gasteiger partial charge in [-0.05, 0) is 113 Å². The average Bonchev–Trinajstić information content (AvgIpc) is 3.44. The number of fused-ring (bicyclic) bond motifs is 5. The zero-order valence-electron chi connectivity index (χ0n) is 34.3. The molecule has 6 N–H and O–H groups in total. The Hall–Kier alpha value is -0.790. The monoisotopic (exact) mass is 816 g/mol. The van der Waals surface area contributed by atoms with E-state index < -0.39 is 31.5 Å². The Labute approximate surface area is 334 Å². The summed E-state index contributed by atoms with van der Waals surface area (Å²) in [5, 5.41) is 5.60. The third-order valence-electron chi connectivity index (χ3n) is 12.7. The van der Waals surface area contributed by atoms with Crippen LogP contribution in [0.2, 0.25) is 0 Å². The summed E-state index contributed by atoms with van der Waals surface area (Å²) >= 11 is 0. The van der Waals surface area contributed by atoms with E-state index in [9.17, 15) is 14.2 Å². The number of unbranched alkanes of at least 4 members (excludes halogenated alkanes) is 1. The lowest BCUT2D eigenvalue weighted by atomic mass is 9.47. The fourth-order valence-corrected chi connectivity index (χ4v) is 13.5. The van der Waals surface area contributed by atoms with Crippen molar-refractivity contribution >= 4 is 41.4 Å². The molecule has 14 heteroatoms. The van der Waals surface area contributed by atoms with E-state index in [1.807, 2.05) is 0 Å². The van der Waals surface area contributed by atoms with Gasteiger partial charge in [0.15, 0.2) is 0 Å². The fraction of sp³-hybridized carbons (Fsp3) is 0.900. The second kappa shape index (κ2) is 20.8. The van der Waals surface area contributed by atoms with Gasteiger partial charge in [0.25, 0.3) is 0 Å². The Morgan fingerprint density at radius 1 is 1.00 bits per heavy atom. The predicted octanol–water partition coefficient (Wildman–Crippen LogP) is 8.62. The highest BCUT2D eigenvalue weighted by Gasteiger charge is 2.58. The maximum absolute atomic E-state index is 13.7. The molecule has 0 heterocycles. The number of nitrogens with two attached hydrogens (primary N) is 2. The summed E-state index contributed by atoms with van der Waals surface area (Å²) in [6, 6.07) is -0.882. The minimum absolute atomic E-state index is 0.0920. The highest BCUT2D eigenvalue weighted by Crippen LogP contribution is 2.67. The summed E-state index contributed by atoms with van der Waals surface area (Å²) in [6.45, 7) is 16.1. The molecule has 8 unspecified atom stereocenters. The molecule has 0 aliphatic heterocycles. The van der Waals surface area contributed by atoms with Crippen LogP contribution in [0.4, 0.5) is 4.79 Å². The van der Waals surface area contributed by atoms with Crippen LogP contribution in [0.25, 0.3) is 0 Å². The topological polar surface area (TPSA) is 164 Å². The van der Waals surface area contributed by atoms with Crippen molar-refractivity contribution in [1.29, 1.82) is 0 Å². The van der Waals surface area contributed by atoms with Crippen molar-refractivity contribution in [3.05, 3.63) is 11.6 Å². The SMILES string of the molecule is CC(C)CCCCC1CCC2C3CC=C4CC(OC(=O)C(CSSCCNP(=O)(OCCN)OCCN)NC(=O)OC(C)(C)C)CCC4(C)C3CCC12C. The van der Waals surface area contributed by atoms with Gasteiger partial charge in [-0.2, -0.15) is 0 Å². The molecule has 0 aromatic heterocycles. The Balaban J connectivity index is 1.32. The molecule has 4 rings (SSSR count). The first-order chi connectivity index (χ1) is 25.5. The van der Waals surface area contributed by atoms with Crippen molar-refractivity contribution in [3.8, 4) is 0 Å². The maximum atomic E-state index is 13.7. The van der Waals surface area contributed by atoms with Crippen LogP contribution in [0.5, 0.6) is 0 Å². The summed E-state index contributed by atoms with van der Waals surface area (Å²) in [5.74, 6) is 4.33. The first-order valence-electron chi connectivity index (χ1n) is 20.7. The van der Waals surface area contributed by atoms with E-state index in [1.54, 1.807) is 20.8 Å². The first-order valence-corrected chi connectivity index (χ1v) is 24.7. The zero-order chi connectivity index (χ0) is 39.6. The summed E-state index contributed by atoms with van der Waals surface area (Å²) in [5.41, 5.74) is 12.4. The lowest BCUT2D eigenvalue weighted by molar-refractivity contribution is -0.153. The Bertz CT molecular complexity index is 1290. The van der Waals surface area contributed by atoms with Crippen LogP contribution < -0.4 is 21.9 Å². The van der Waals surface area contributed by atoms with Gasteiger partial charge in [-0.25, -0.2) is 19.2 Å². The minimum Gasteiger partial charge on any atom is -0.460 e. The molecule has 0 spiro atoms. The number of rotatable bonds is 21. The van der Waals surface area contributed by atoms with Crippen molar-refractivity contribution in [3.63, 3.8) is 0 Å². The first kappa shape index (κ1) is 45.9. The van der Waals surface area contributed by atoms with Crippen LogP contribution in [0.3, 0.4) is 0 Å². The molecule has 54 heavy (non-hydrogen) atoms. The number of carbonyl (C=O) groups is 2. The molecule has 0 aromatic carbocycles. The average molecular weight is 817 g/mol. The van der Waals surface area contributed by atoms with Crippen LogP contribution in [-0.2, 0) is 27.9 Å². The number of allylic oxidation sites excluding steroid dienone is 1. The Morgan fingerprint density at radius 2 is 1.72 bits per heavy atom. The molecule has 0 saturated heterocycles. The molecule has 8 atom stereocenters. The van der Waals surface area contributed by atoms with E-state index >= 15 is 0 Å². The maximum Gasteiger partial charge on any atom is 0.408 e. The normalized spacial score (nSPS) is 30.2. The van der Waals surface area contributed by atoms with Gasteiger partial charge in [-0.1, -0.05) is 80.2 Å². The van der Waals surface area contributed by atoms with E-state index in [0.29, 0.717) is 23.6 Å². The highest BCUT2D eigenvalue weighted by molar-refractivity contribution is 8.76. The summed E-state index contributed by atoms with van der Waals surface area (Å²) in [4.78, 5) is 26.5. The van der Waals surface area contributed by atoms with Crippen molar-refractivity contribution in [2.24, 2.45) is 51.9 Å². The van der Waals surface area contributed by atoms with Crippen LogP contribution in [-0.4, -0.2) is 74.2 Å². The molecular weight excluding hydrogens is 744 g/mol. The van der Waals surface area contributed by atoms with Crippen molar-refractivity contribution in [1.82, 2.24) is 10.4 Å². The van der Waals surface area contributed by atoms with Gasteiger partial charge < -0.3 is 26.3 Å². The number of ether oxygens (including phenoxy) is 2. The zero-order valence-corrected chi connectivity index (χ0v) is 36.9. The number of amides is 1.